The molecule has 0 aliphatic heterocycles. The Labute approximate surface area is 119 Å². The first-order valence-electron chi connectivity index (χ1n) is 8.59. The van der Waals surface area contributed by atoms with E-state index >= 15 is 0 Å². The molecule has 112 valence electrons. The third-order valence-electron chi connectivity index (χ3n) is 5.50. The van der Waals surface area contributed by atoms with Gasteiger partial charge in [-0.1, -0.05) is 58.8 Å². The molecule has 0 bridgehead atoms. The summed E-state index contributed by atoms with van der Waals surface area (Å²) in [5.74, 6) is 2.36. The minimum atomic E-state index is 0.283. The van der Waals surface area contributed by atoms with Gasteiger partial charge in [0.15, 0.2) is 0 Å². The summed E-state index contributed by atoms with van der Waals surface area (Å²) in [5, 5.41) is 13.4. The van der Waals surface area contributed by atoms with E-state index in [0.717, 1.165) is 11.8 Å². The summed E-state index contributed by atoms with van der Waals surface area (Å²) < 4.78 is 0. The molecule has 0 radical (unpaired) electrons. The first kappa shape index (κ1) is 15.3. The lowest BCUT2D eigenvalue weighted by Gasteiger charge is -2.41. The van der Waals surface area contributed by atoms with Crippen LogP contribution in [0.5, 0.6) is 0 Å². The molecule has 0 heterocycles. The maximum Gasteiger partial charge on any atom is 0.0587 e. The van der Waals surface area contributed by atoms with Gasteiger partial charge in [-0.25, -0.2) is 0 Å². The van der Waals surface area contributed by atoms with Crippen LogP contribution >= 0.6 is 0 Å². The third-order valence-corrected chi connectivity index (χ3v) is 5.50. The maximum atomic E-state index is 9.56. The van der Waals surface area contributed by atoms with Crippen molar-refractivity contribution < 1.29 is 5.11 Å². The molecule has 0 amide bonds. The first-order chi connectivity index (χ1) is 9.22. The summed E-state index contributed by atoms with van der Waals surface area (Å²) >= 11 is 0. The predicted molar refractivity (Wildman–Crippen MR) is 81.2 cm³/mol. The molecule has 0 aromatic carbocycles. The van der Waals surface area contributed by atoms with Gasteiger partial charge in [0, 0.05) is 12.1 Å². The molecule has 2 fully saturated rings. The number of rotatable bonds is 5. The normalized spacial score (nSPS) is 31.6. The van der Waals surface area contributed by atoms with Crippen molar-refractivity contribution in [3.63, 3.8) is 0 Å². The van der Waals surface area contributed by atoms with Crippen LogP contribution in [0.1, 0.15) is 71.6 Å². The van der Waals surface area contributed by atoms with Crippen LogP contribution in [0.25, 0.3) is 0 Å². The molecule has 2 aliphatic carbocycles. The van der Waals surface area contributed by atoms with Crippen LogP contribution in [0.2, 0.25) is 0 Å². The number of nitrogens with one attached hydrogen (secondary N) is 1. The lowest BCUT2D eigenvalue weighted by molar-refractivity contribution is 0.117. The number of hydrogen-bond acceptors (Lipinski definition) is 2. The summed E-state index contributed by atoms with van der Waals surface area (Å²) in [7, 11) is 0. The van der Waals surface area contributed by atoms with Gasteiger partial charge in [-0.3, -0.25) is 0 Å². The van der Waals surface area contributed by atoms with Crippen LogP contribution in [0.4, 0.5) is 0 Å². The summed E-state index contributed by atoms with van der Waals surface area (Å²) in [4.78, 5) is 0. The van der Waals surface area contributed by atoms with Gasteiger partial charge in [0.1, 0.15) is 0 Å². The molecule has 0 saturated heterocycles. The minimum Gasteiger partial charge on any atom is -0.395 e. The number of aliphatic hydroxyl groups is 1. The second-order valence-electron chi connectivity index (χ2n) is 7.15. The Morgan fingerprint density at radius 3 is 2.21 bits per heavy atom. The Balaban J connectivity index is 1.94. The molecule has 3 atom stereocenters. The van der Waals surface area contributed by atoms with Crippen molar-refractivity contribution in [3.8, 4) is 0 Å². The molecule has 0 aromatic rings. The van der Waals surface area contributed by atoms with Crippen LogP contribution in [-0.2, 0) is 0 Å². The van der Waals surface area contributed by atoms with E-state index < -0.39 is 0 Å². The molecule has 3 unspecified atom stereocenters. The summed E-state index contributed by atoms with van der Waals surface area (Å²) in [6.45, 7) is 4.71. The summed E-state index contributed by atoms with van der Waals surface area (Å²) in [6.07, 6.45) is 12.8. The first-order valence-corrected chi connectivity index (χ1v) is 8.59. The maximum absolute atomic E-state index is 9.56. The van der Waals surface area contributed by atoms with Crippen molar-refractivity contribution in [2.75, 3.05) is 6.61 Å². The van der Waals surface area contributed by atoms with E-state index in [-0.39, 0.29) is 12.6 Å². The van der Waals surface area contributed by atoms with E-state index in [1.54, 1.807) is 0 Å². The zero-order chi connectivity index (χ0) is 13.7. The molecule has 19 heavy (non-hydrogen) atoms. The molecule has 2 heteroatoms. The second kappa shape index (κ2) is 7.64. The van der Waals surface area contributed by atoms with Gasteiger partial charge in [0.25, 0.3) is 0 Å². The zero-order valence-corrected chi connectivity index (χ0v) is 12.9. The van der Waals surface area contributed by atoms with Crippen molar-refractivity contribution in [2.24, 2.45) is 17.8 Å². The van der Waals surface area contributed by atoms with Crippen LogP contribution in [0, 0.1) is 17.8 Å². The number of hydrogen-bond donors (Lipinski definition) is 2. The standard InChI is InChI=1S/C17H33NO/c1-13(2)17(12-19)18-16-11-7-6-10-15(16)14-8-4-3-5-9-14/h13-19H,3-12H2,1-2H3. The van der Waals surface area contributed by atoms with Gasteiger partial charge in [0.2, 0.25) is 0 Å². The van der Waals surface area contributed by atoms with Gasteiger partial charge in [-0.15, -0.1) is 0 Å². The zero-order valence-electron chi connectivity index (χ0n) is 12.9. The van der Waals surface area contributed by atoms with Crippen LogP contribution in [0.3, 0.4) is 0 Å². The largest absolute Gasteiger partial charge is 0.395 e. The van der Waals surface area contributed by atoms with Crippen molar-refractivity contribution in [3.05, 3.63) is 0 Å². The average Bonchev–Trinajstić information content (AvgIpc) is 2.45. The minimum absolute atomic E-state index is 0.283. The van der Waals surface area contributed by atoms with Gasteiger partial charge in [-0.05, 0) is 30.6 Å². The lowest BCUT2D eigenvalue weighted by Crippen LogP contribution is -2.50. The fourth-order valence-corrected chi connectivity index (χ4v) is 4.22. The predicted octanol–water partition coefficient (Wildman–Crippen LogP) is 3.73. The highest BCUT2D eigenvalue weighted by Crippen LogP contribution is 2.38. The van der Waals surface area contributed by atoms with Gasteiger partial charge < -0.3 is 10.4 Å². The van der Waals surface area contributed by atoms with Crippen molar-refractivity contribution >= 4 is 0 Å². The van der Waals surface area contributed by atoms with Crippen LogP contribution in [-0.4, -0.2) is 23.8 Å². The topological polar surface area (TPSA) is 32.3 Å². The molecule has 2 saturated carbocycles. The fraction of sp³-hybridized carbons (Fsp3) is 1.00. The molecule has 0 aromatic heterocycles. The average molecular weight is 267 g/mol. The van der Waals surface area contributed by atoms with Gasteiger partial charge in [-0.2, -0.15) is 0 Å². The van der Waals surface area contributed by atoms with E-state index in [0.29, 0.717) is 12.0 Å². The highest BCUT2D eigenvalue weighted by molar-refractivity contribution is 4.89. The highest BCUT2D eigenvalue weighted by atomic mass is 16.3. The molecule has 0 spiro atoms. The van der Waals surface area contributed by atoms with Crippen LogP contribution < -0.4 is 5.32 Å². The molecule has 2 rings (SSSR count). The lowest BCUT2D eigenvalue weighted by atomic mass is 9.70. The Kier molecular flexibility index (Phi) is 6.15. The Morgan fingerprint density at radius 2 is 1.58 bits per heavy atom. The molecule has 2 nitrogen and oxygen atoms in total. The Hall–Kier alpha value is -0.0800. The fourth-order valence-electron chi connectivity index (χ4n) is 4.22. The summed E-state index contributed by atoms with van der Waals surface area (Å²) in [6, 6.07) is 0.950. The Bertz CT molecular complexity index is 248. The molecular weight excluding hydrogens is 234 g/mol. The number of aliphatic hydroxyl groups excluding tert-OH is 1. The van der Waals surface area contributed by atoms with E-state index in [9.17, 15) is 5.11 Å². The highest BCUT2D eigenvalue weighted by Gasteiger charge is 2.33. The van der Waals surface area contributed by atoms with E-state index in [1.165, 1.54) is 57.8 Å². The van der Waals surface area contributed by atoms with Crippen molar-refractivity contribution in [1.29, 1.82) is 0 Å². The third kappa shape index (κ3) is 4.19. The second-order valence-corrected chi connectivity index (χ2v) is 7.15. The molecule has 2 N–H and O–H groups in total. The van der Waals surface area contributed by atoms with Gasteiger partial charge >= 0.3 is 0 Å². The van der Waals surface area contributed by atoms with Crippen molar-refractivity contribution in [1.82, 2.24) is 5.32 Å². The van der Waals surface area contributed by atoms with Gasteiger partial charge in [0.05, 0.1) is 6.61 Å². The van der Waals surface area contributed by atoms with E-state index in [1.807, 2.05) is 0 Å². The monoisotopic (exact) mass is 267 g/mol. The molecule has 2 aliphatic rings. The smallest absolute Gasteiger partial charge is 0.0587 e. The van der Waals surface area contributed by atoms with E-state index in [4.69, 9.17) is 0 Å². The summed E-state index contributed by atoms with van der Waals surface area (Å²) in [5.41, 5.74) is 0. The van der Waals surface area contributed by atoms with E-state index in [2.05, 4.69) is 19.2 Å². The molecular formula is C17H33NO. The van der Waals surface area contributed by atoms with Crippen LogP contribution in [0.15, 0.2) is 0 Å². The quantitative estimate of drug-likeness (QED) is 0.795. The van der Waals surface area contributed by atoms with Crippen molar-refractivity contribution in [2.45, 2.75) is 83.7 Å². The SMILES string of the molecule is CC(C)C(CO)NC1CCCCC1C1CCCCC1. The Morgan fingerprint density at radius 1 is 0.947 bits per heavy atom.